The molecule has 1 aromatic rings. The molecule has 1 aliphatic heterocycles. The van der Waals surface area contributed by atoms with E-state index in [9.17, 15) is 28.3 Å². The van der Waals surface area contributed by atoms with Gasteiger partial charge in [-0.05, 0) is 36.6 Å². The van der Waals surface area contributed by atoms with Crippen LogP contribution in [0.3, 0.4) is 0 Å². The van der Waals surface area contributed by atoms with Crippen molar-refractivity contribution in [3.8, 4) is 5.75 Å². The molecule has 0 bridgehead atoms. The second-order valence-electron chi connectivity index (χ2n) is 7.37. The number of rotatable bonds is 7. The van der Waals surface area contributed by atoms with Gasteiger partial charge in [0, 0.05) is 31.5 Å². The zero-order chi connectivity index (χ0) is 20.5. The Kier molecular flexibility index (Phi) is 5.53. The number of methoxy groups -OCH3 is 1. The monoisotopic (exact) mass is 396 g/mol. The number of aliphatic carboxylic acids is 1. The van der Waals surface area contributed by atoms with E-state index in [0.717, 1.165) is 0 Å². The van der Waals surface area contributed by atoms with E-state index in [-0.39, 0.29) is 38.1 Å². The molecule has 2 amide bonds. The summed E-state index contributed by atoms with van der Waals surface area (Å²) in [5.41, 5.74) is 0.618. The molecule has 152 valence electrons. The van der Waals surface area contributed by atoms with Crippen LogP contribution in [0.4, 0.5) is 14.5 Å². The molecule has 2 atom stereocenters. The molecule has 1 aromatic carbocycles. The topological polar surface area (TPSA) is 95.9 Å². The number of hydrogen-bond acceptors (Lipinski definition) is 4. The van der Waals surface area contributed by atoms with Gasteiger partial charge in [-0.1, -0.05) is 0 Å². The summed E-state index contributed by atoms with van der Waals surface area (Å²) in [4.78, 5) is 37.6. The summed E-state index contributed by atoms with van der Waals surface area (Å²) in [5, 5.41) is 11.7. The highest BCUT2D eigenvalue weighted by molar-refractivity contribution is 6.00. The van der Waals surface area contributed by atoms with E-state index in [4.69, 9.17) is 4.74 Å². The van der Waals surface area contributed by atoms with Crippen molar-refractivity contribution in [3.63, 3.8) is 0 Å². The van der Waals surface area contributed by atoms with Crippen molar-refractivity contribution in [2.45, 2.75) is 37.6 Å². The second-order valence-corrected chi connectivity index (χ2v) is 7.37. The van der Waals surface area contributed by atoms with Crippen LogP contribution in [0.2, 0.25) is 0 Å². The van der Waals surface area contributed by atoms with Gasteiger partial charge in [-0.2, -0.15) is 0 Å². The molecule has 0 aromatic heterocycles. The lowest BCUT2D eigenvalue weighted by Gasteiger charge is -2.36. The highest BCUT2D eigenvalue weighted by atomic mass is 19.3. The minimum Gasteiger partial charge on any atom is -0.497 e. The van der Waals surface area contributed by atoms with Gasteiger partial charge in [-0.15, -0.1) is 0 Å². The van der Waals surface area contributed by atoms with Crippen molar-refractivity contribution >= 4 is 23.5 Å². The lowest BCUT2D eigenvalue weighted by molar-refractivity contribution is -0.146. The molecule has 7 nitrogen and oxygen atoms in total. The number of carboxylic acid groups (broad SMARTS) is 1. The normalized spacial score (nSPS) is 22.5. The third-order valence-corrected chi connectivity index (χ3v) is 5.24. The maximum absolute atomic E-state index is 13.0. The van der Waals surface area contributed by atoms with Crippen molar-refractivity contribution in [1.82, 2.24) is 5.32 Å². The smallest absolute Gasteiger partial charge is 0.326 e. The molecule has 3 rings (SSSR count). The average Bonchev–Trinajstić information content (AvgIpc) is 3.01. The summed E-state index contributed by atoms with van der Waals surface area (Å²) >= 11 is 0. The number of carbonyl (C=O) groups is 3. The maximum atomic E-state index is 13.0. The van der Waals surface area contributed by atoms with E-state index in [1.807, 2.05) is 0 Å². The number of carboxylic acids is 1. The van der Waals surface area contributed by atoms with Crippen LogP contribution in [0.25, 0.3) is 0 Å². The lowest BCUT2D eigenvalue weighted by atomic mass is 9.77. The Hall–Kier alpha value is -2.71. The molecule has 28 heavy (non-hydrogen) atoms. The number of amides is 2. The van der Waals surface area contributed by atoms with Gasteiger partial charge in [0.2, 0.25) is 17.7 Å². The lowest BCUT2D eigenvalue weighted by Crippen LogP contribution is -2.47. The van der Waals surface area contributed by atoms with E-state index in [2.05, 4.69) is 5.32 Å². The van der Waals surface area contributed by atoms with Crippen LogP contribution < -0.4 is 15.0 Å². The minimum absolute atomic E-state index is 0.0360. The van der Waals surface area contributed by atoms with Gasteiger partial charge in [0.1, 0.15) is 11.8 Å². The highest BCUT2D eigenvalue weighted by Crippen LogP contribution is 2.44. The van der Waals surface area contributed by atoms with Crippen LogP contribution in [0, 0.1) is 11.8 Å². The van der Waals surface area contributed by atoms with Crippen LogP contribution >= 0.6 is 0 Å². The third kappa shape index (κ3) is 4.40. The van der Waals surface area contributed by atoms with Crippen LogP contribution in [-0.2, 0) is 14.4 Å². The number of nitrogens with one attached hydrogen (secondary N) is 1. The number of nitrogens with zero attached hydrogens (tertiary/aromatic N) is 1. The van der Waals surface area contributed by atoms with E-state index in [1.54, 1.807) is 24.3 Å². The molecule has 1 aliphatic carbocycles. The van der Waals surface area contributed by atoms with E-state index in [1.165, 1.54) is 12.0 Å². The Morgan fingerprint density at radius 1 is 1.32 bits per heavy atom. The van der Waals surface area contributed by atoms with Gasteiger partial charge in [-0.25, -0.2) is 13.6 Å². The van der Waals surface area contributed by atoms with E-state index >= 15 is 0 Å². The Labute approximate surface area is 160 Å². The molecule has 2 unspecified atom stereocenters. The van der Waals surface area contributed by atoms with Gasteiger partial charge in [0.05, 0.1) is 13.0 Å². The number of anilines is 1. The summed E-state index contributed by atoms with van der Waals surface area (Å²) < 4.78 is 31.0. The van der Waals surface area contributed by atoms with E-state index in [0.29, 0.717) is 11.4 Å². The van der Waals surface area contributed by atoms with E-state index < -0.39 is 35.7 Å². The molecular formula is C19H22F2N2O5. The Morgan fingerprint density at radius 2 is 1.96 bits per heavy atom. The molecule has 9 heteroatoms. The zero-order valence-electron chi connectivity index (χ0n) is 15.4. The standard InChI is InChI=1S/C19H22F2N2O5/c1-28-14-4-2-13(3-5-14)23-10-12(7-16(23)24)17(25)22-15(18(26)27)6-11-8-19(20,21)9-11/h2-5,11-12,15H,6-10H2,1H3,(H,22,25)(H,26,27). The molecule has 1 saturated heterocycles. The van der Waals surface area contributed by atoms with Crippen LogP contribution in [-0.4, -0.2) is 48.5 Å². The second kappa shape index (κ2) is 7.73. The molecule has 1 heterocycles. The van der Waals surface area contributed by atoms with Crippen molar-refractivity contribution in [1.29, 1.82) is 0 Å². The molecule has 1 saturated carbocycles. The molecular weight excluding hydrogens is 374 g/mol. The van der Waals surface area contributed by atoms with Crippen LogP contribution in [0.15, 0.2) is 24.3 Å². The quantitative estimate of drug-likeness (QED) is 0.736. The first kappa shape index (κ1) is 20.0. The Bertz CT molecular complexity index is 760. The van der Waals surface area contributed by atoms with Gasteiger partial charge >= 0.3 is 5.97 Å². The Morgan fingerprint density at radius 3 is 2.50 bits per heavy atom. The molecule has 0 spiro atoms. The van der Waals surface area contributed by atoms with Gasteiger partial charge < -0.3 is 20.1 Å². The SMILES string of the molecule is COc1ccc(N2CC(C(=O)NC(CC3CC(F)(F)C3)C(=O)O)CC2=O)cc1. The van der Waals surface area contributed by atoms with Gasteiger partial charge in [-0.3, -0.25) is 9.59 Å². The number of alkyl halides is 2. The van der Waals surface area contributed by atoms with Crippen molar-refractivity contribution in [3.05, 3.63) is 24.3 Å². The number of benzene rings is 1. The number of halogens is 2. The molecule has 2 N–H and O–H groups in total. The fraction of sp³-hybridized carbons (Fsp3) is 0.526. The predicted octanol–water partition coefficient (Wildman–Crippen LogP) is 2.05. The number of hydrogen-bond donors (Lipinski definition) is 2. The first-order valence-corrected chi connectivity index (χ1v) is 9.04. The first-order chi connectivity index (χ1) is 13.2. The Balaban J connectivity index is 1.58. The largest absolute Gasteiger partial charge is 0.497 e. The zero-order valence-corrected chi connectivity index (χ0v) is 15.4. The summed E-state index contributed by atoms with van der Waals surface area (Å²) in [6, 6.07) is 5.57. The number of ether oxygens (including phenoxy) is 1. The minimum atomic E-state index is -2.74. The summed E-state index contributed by atoms with van der Waals surface area (Å²) in [5.74, 6) is -5.29. The first-order valence-electron chi connectivity index (χ1n) is 9.04. The van der Waals surface area contributed by atoms with Crippen LogP contribution in [0.5, 0.6) is 5.75 Å². The molecule has 2 aliphatic rings. The fourth-order valence-corrected chi connectivity index (χ4v) is 3.69. The maximum Gasteiger partial charge on any atom is 0.326 e. The highest BCUT2D eigenvalue weighted by Gasteiger charge is 2.47. The molecule has 0 radical (unpaired) electrons. The number of carbonyl (C=O) groups excluding carboxylic acids is 2. The van der Waals surface area contributed by atoms with Crippen LogP contribution in [0.1, 0.15) is 25.7 Å². The predicted molar refractivity (Wildman–Crippen MR) is 95.3 cm³/mol. The average molecular weight is 396 g/mol. The summed E-state index contributed by atoms with van der Waals surface area (Å²) in [7, 11) is 1.53. The summed E-state index contributed by atoms with van der Waals surface area (Å²) in [6.07, 6.45) is -0.801. The fourth-order valence-electron chi connectivity index (χ4n) is 3.69. The van der Waals surface area contributed by atoms with Gasteiger partial charge in [0.15, 0.2) is 0 Å². The van der Waals surface area contributed by atoms with Crippen molar-refractivity contribution in [2.75, 3.05) is 18.6 Å². The third-order valence-electron chi connectivity index (χ3n) is 5.24. The molecule has 2 fully saturated rings. The van der Waals surface area contributed by atoms with Gasteiger partial charge in [0.25, 0.3) is 0 Å². The van der Waals surface area contributed by atoms with Crippen molar-refractivity contribution in [2.24, 2.45) is 11.8 Å². The summed E-state index contributed by atoms with van der Waals surface area (Å²) in [6.45, 7) is 0.130. The van der Waals surface area contributed by atoms with Crippen molar-refractivity contribution < 1.29 is 33.0 Å².